The Morgan fingerprint density at radius 2 is 1.76 bits per heavy atom. The normalized spacial score (nSPS) is 10.8. The van der Waals surface area contributed by atoms with E-state index < -0.39 is 12.6 Å². The minimum absolute atomic E-state index is 0.231. The number of nitrogens with zero attached hydrogens (tertiary/aromatic N) is 2. The quantitative estimate of drug-likeness (QED) is 0.288. The topological polar surface area (TPSA) is 121 Å². The van der Waals surface area contributed by atoms with Crippen molar-refractivity contribution in [3.05, 3.63) is 58.2 Å². The van der Waals surface area contributed by atoms with Crippen molar-refractivity contribution >= 4 is 39.8 Å². The molecular weight excluding hydrogens is 522 g/mol. The van der Waals surface area contributed by atoms with Crippen LogP contribution in [0.2, 0.25) is 5.02 Å². The molecule has 194 valence electrons. The Morgan fingerprint density at radius 1 is 1.05 bits per heavy atom. The van der Waals surface area contributed by atoms with Gasteiger partial charge in [-0.2, -0.15) is 0 Å². The average Bonchev–Trinajstić information content (AvgIpc) is 3.47. The van der Waals surface area contributed by atoms with Crippen LogP contribution >= 0.6 is 22.9 Å². The highest BCUT2D eigenvalue weighted by Gasteiger charge is 2.17. The second-order valence-electron chi connectivity index (χ2n) is 7.75. The maximum atomic E-state index is 12.8. The van der Waals surface area contributed by atoms with Crippen molar-refractivity contribution in [2.75, 3.05) is 34.5 Å². The fourth-order valence-corrected chi connectivity index (χ4v) is 4.82. The van der Waals surface area contributed by atoms with Crippen molar-refractivity contribution in [1.29, 1.82) is 0 Å². The Balaban J connectivity index is 1.47. The number of thiazole rings is 1. The number of benzene rings is 2. The van der Waals surface area contributed by atoms with Crippen LogP contribution in [0.4, 0.5) is 0 Å². The summed E-state index contributed by atoms with van der Waals surface area (Å²) in [6.07, 6.45) is 3.96. The molecule has 4 rings (SSSR count). The zero-order chi connectivity index (χ0) is 26.5. The molecule has 0 atom stereocenters. The number of ether oxygens (including phenoxy) is 4. The maximum Gasteiger partial charge on any atom is 0.341 e. The summed E-state index contributed by atoms with van der Waals surface area (Å²) in [6.45, 7) is -0.0981. The van der Waals surface area contributed by atoms with Crippen molar-refractivity contribution in [1.82, 2.24) is 14.7 Å². The Hall–Kier alpha value is -3.96. The molecule has 0 bridgehead atoms. The fourth-order valence-electron chi connectivity index (χ4n) is 3.74. The zero-order valence-corrected chi connectivity index (χ0v) is 21.8. The predicted octanol–water partition coefficient (Wildman–Crippen LogP) is 4.18. The zero-order valence-electron chi connectivity index (χ0n) is 20.2. The highest BCUT2D eigenvalue weighted by Crippen LogP contribution is 2.35. The number of carboxylic acids is 1. The van der Waals surface area contributed by atoms with E-state index in [1.165, 1.54) is 18.4 Å². The first kappa shape index (κ1) is 26.1. The lowest BCUT2D eigenvalue weighted by Crippen LogP contribution is -2.25. The van der Waals surface area contributed by atoms with Gasteiger partial charge < -0.3 is 29.4 Å². The molecular formula is C25H24ClN3O7S. The number of aromatic nitrogens is 2. The summed E-state index contributed by atoms with van der Waals surface area (Å²) in [6, 6.07) is 8.39. The molecule has 2 aromatic carbocycles. The van der Waals surface area contributed by atoms with E-state index in [-0.39, 0.29) is 5.91 Å². The summed E-state index contributed by atoms with van der Waals surface area (Å²) in [5, 5.41) is 12.3. The van der Waals surface area contributed by atoms with Gasteiger partial charge in [-0.15, -0.1) is 0 Å². The molecule has 12 heteroatoms. The van der Waals surface area contributed by atoms with E-state index in [1.807, 2.05) is 0 Å². The standard InChI is InChI=1S/C25H24ClN3O7S/c1-33-19-5-4-15(36-13-23(30)31)10-17(19)18-11-29-12-22(37-25(29)28-18)24(32)27-7-6-16-20(34-2)8-14(26)9-21(16)35-3/h4-5,8-12H,6-7,13H2,1-3H3,(H,27,32)(H,30,31). The minimum Gasteiger partial charge on any atom is -0.496 e. The number of rotatable bonds is 11. The van der Waals surface area contributed by atoms with Crippen LogP contribution in [0.5, 0.6) is 23.0 Å². The minimum atomic E-state index is -1.07. The number of methoxy groups -OCH3 is 3. The van der Waals surface area contributed by atoms with Gasteiger partial charge in [0, 0.05) is 35.1 Å². The molecule has 2 N–H and O–H groups in total. The van der Waals surface area contributed by atoms with Gasteiger partial charge in [0.2, 0.25) is 0 Å². The van der Waals surface area contributed by atoms with Gasteiger partial charge in [0.1, 0.15) is 27.9 Å². The van der Waals surface area contributed by atoms with Gasteiger partial charge in [0.15, 0.2) is 11.6 Å². The van der Waals surface area contributed by atoms with Crippen molar-refractivity contribution < 1.29 is 33.6 Å². The molecule has 2 heterocycles. The number of carboxylic acid groups (broad SMARTS) is 1. The van der Waals surface area contributed by atoms with Crippen LogP contribution < -0.4 is 24.3 Å². The van der Waals surface area contributed by atoms with E-state index in [0.717, 1.165) is 5.56 Å². The lowest BCUT2D eigenvalue weighted by molar-refractivity contribution is -0.139. The van der Waals surface area contributed by atoms with Gasteiger partial charge in [0.05, 0.1) is 27.0 Å². The van der Waals surface area contributed by atoms with Crippen LogP contribution in [0.25, 0.3) is 16.2 Å². The number of hydrogen-bond donors (Lipinski definition) is 2. The smallest absolute Gasteiger partial charge is 0.341 e. The van der Waals surface area contributed by atoms with Crippen LogP contribution in [0.15, 0.2) is 42.7 Å². The van der Waals surface area contributed by atoms with E-state index in [4.69, 9.17) is 35.7 Å². The highest BCUT2D eigenvalue weighted by molar-refractivity contribution is 7.18. The van der Waals surface area contributed by atoms with Gasteiger partial charge in [-0.1, -0.05) is 22.9 Å². The lowest BCUT2D eigenvalue weighted by Gasteiger charge is -2.14. The Labute approximate surface area is 221 Å². The highest BCUT2D eigenvalue weighted by atomic mass is 35.5. The third-order valence-corrected chi connectivity index (χ3v) is 6.64. The van der Waals surface area contributed by atoms with Gasteiger partial charge in [-0.25, -0.2) is 9.78 Å². The third-order valence-electron chi connectivity index (χ3n) is 5.42. The second-order valence-corrected chi connectivity index (χ2v) is 9.20. The average molecular weight is 546 g/mol. The maximum absolute atomic E-state index is 12.8. The molecule has 0 radical (unpaired) electrons. The lowest BCUT2D eigenvalue weighted by atomic mass is 10.1. The van der Waals surface area contributed by atoms with Crippen LogP contribution in [0, 0.1) is 0 Å². The molecule has 37 heavy (non-hydrogen) atoms. The number of amides is 1. The van der Waals surface area contributed by atoms with Crippen molar-refractivity contribution in [3.63, 3.8) is 0 Å². The first-order chi connectivity index (χ1) is 17.8. The molecule has 0 aliphatic heterocycles. The molecule has 0 unspecified atom stereocenters. The summed E-state index contributed by atoms with van der Waals surface area (Å²) in [7, 11) is 4.64. The summed E-state index contributed by atoms with van der Waals surface area (Å²) >= 11 is 7.34. The number of fused-ring (bicyclic) bond motifs is 1. The van der Waals surface area contributed by atoms with E-state index in [0.29, 0.717) is 62.1 Å². The SMILES string of the molecule is COc1ccc(OCC(=O)O)cc1-c1cn2cc(C(=O)NCCc3c(OC)cc(Cl)cc3OC)sc2n1. The Morgan fingerprint density at radius 3 is 2.38 bits per heavy atom. The van der Waals surface area contributed by atoms with Crippen LogP contribution in [0.3, 0.4) is 0 Å². The number of hydrogen-bond acceptors (Lipinski definition) is 8. The number of halogens is 1. The molecule has 0 saturated carbocycles. The molecule has 4 aromatic rings. The van der Waals surface area contributed by atoms with Gasteiger partial charge >= 0.3 is 5.97 Å². The second kappa shape index (κ2) is 11.4. The molecule has 0 aliphatic carbocycles. The van der Waals surface area contributed by atoms with Gasteiger partial charge in [-0.3, -0.25) is 9.20 Å². The first-order valence-electron chi connectivity index (χ1n) is 11.0. The van der Waals surface area contributed by atoms with E-state index >= 15 is 0 Å². The number of carbonyl (C=O) groups is 2. The van der Waals surface area contributed by atoms with Crippen LogP contribution in [-0.2, 0) is 11.2 Å². The summed E-state index contributed by atoms with van der Waals surface area (Å²) in [5.74, 6) is 0.813. The van der Waals surface area contributed by atoms with Crippen LogP contribution in [0.1, 0.15) is 15.2 Å². The first-order valence-corrected chi connectivity index (χ1v) is 12.2. The number of aliphatic carboxylic acids is 1. The van der Waals surface area contributed by atoms with Gasteiger partial charge in [-0.05, 0) is 36.8 Å². The largest absolute Gasteiger partial charge is 0.496 e. The van der Waals surface area contributed by atoms with E-state index in [9.17, 15) is 9.59 Å². The van der Waals surface area contributed by atoms with Crippen molar-refractivity contribution in [2.24, 2.45) is 0 Å². The molecule has 0 saturated heterocycles. The molecule has 2 aromatic heterocycles. The monoisotopic (exact) mass is 545 g/mol. The summed E-state index contributed by atoms with van der Waals surface area (Å²) in [4.78, 5) is 29.3. The van der Waals surface area contributed by atoms with Crippen molar-refractivity contribution in [3.8, 4) is 34.3 Å². The fraction of sp³-hybridized carbons (Fsp3) is 0.240. The number of nitrogens with one attached hydrogen (secondary N) is 1. The molecule has 0 aliphatic rings. The Bertz CT molecular complexity index is 1390. The summed E-state index contributed by atoms with van der Waals surface area (Å²) < 4.78 is 23.3. The molecule has 0 spiro atoms. The molecule has 1 amide bonds. The predicted molar refractivity (Wildman–Crippen MR) is 139 cm³/mol. The molecule has 10 nitrogen and oxygen atoms in total. The Kier molecular flexibility index (Phi) is 8.04. The number of imidazole rings is 1. The van der Waals surface area contributed by atoms with E-state index in [2.05, 4.69) is 10.3 Å². The van der Waals surface area contributed by atoms with E-state index in [1.54, 1.807) is 61.3 Å². The van der Waals surface area contributed by atoms with Gasteiger partial charge in [0.25, 0.3) is 5.91 Å². The van der Waals surface area contributed by atoms with Crippen LogP contribution in [-0.4, -0.2) is 60.8 Å². The summed E-state index contributed by atoms with van der Waals surface area (Å²) in [5.41, 5.74) is 2.04. The number of carbonyl (C=O) groups excluding carboxylic acids is 1. The third kappa shape index (κ3) is 5.89. The molecule has 0 fully saturated rings. The van der Waals surface area contributed by atoms with Crippen molar-refractivity contribution in [2.45, 2.75) is 6.42 Å².